The van der Waals surface area contributed by atoms with Crippen LogP contribution < -0.4 is 20.1 Å². The van der Waals surface area contributed by atoms with Crippen LogP contribution in [0.25, 0.3) is 11.0 Å². The van der Waals surface area contributed by atoms with Crippen LogP contribution in [0.5, 0.6) is 6.01 Å². The van der Waals surface area contributed by atoms with E-state index in [4.69, 9.17) is 19.2 Å². The minimum absolute atomic E-state index is 0.0155. The largest absolute Gasteiger partial charge is 0.459 e. The monoisotopic (exact) mass is 828 g/mol. The first-order valence-electron chi connectivity index (χ1n) is 20.3. The van der Waals surface area contributed by atoms with Gasteiger partial charge in [0, 0.05) is 27.0 Å². The van der Waals surface area contributed by atoms with E-state index in [1.165, 1.54) is 4.90 Å². The molecule has 2 saturated carbocycles. The van der Waals surface area contributed by atoms with Crippen LogP contribution in [-0.4, -0.2) is 102 Å². The van der Waals surface area contributed by atoms with Crippen molar-refractivity contribution in [2.45, 2.75) is 152 Å². The van der Waals surface area contributed by atoms with E-state index >= 15 is 0 Å². The molecular weight excluding hydrogens is 769 g/mol. The Labute approximate surface area is 337 Å². The Hall–Kier alpha value is -3.96. The Balaban J connectivity index is 1.30. The van der Waals surface area contributed by atoms with Gasteiger partial charge in [-0.25, -0.2) is 13.2 Å². The zero-order valence-corrected chi connectivity index (χ0v) is 36.2. The van der Waals surface area contributed by atoms with Crippen molar-refractivity contribution in [1.82, 2.24) is 29.8 Å². The van der Waals surface area contributed by atoms with Gasteiger partial charge in [-0.15, -0.1) is 0 Å². The Morgan fingerprint density at radius 3 is 2.53 bits per heavy atom. The van der Waals surface area contributed by atoms with E-state index in [0.717, 1.165) is 24.4 Å². The number of nitrogens with zero attached hydrogens (tertiary/aromatic N) is 3. The van der Waals surface area contributed by atoms with Crippen LogP contribution in [0.3, 0.4) is 0 Å². The van der Waals surface area contributed by atoms with Gasteiger partial charge in [0.2, 0.25) is 21.8 Å². The van der Waals surface area contributed by atoms with Gasteiger partial charge in [0.25, 0.3) is 11.9 Å². The van der Waals surface area contributed by atoms with Crippen LogP contribution in [0, 0.1) is 5.92 Å². The third-order valence-electron chi connectivity index (χ3n) is 11.3. The van der Waals surface area contributed by atoms with Crippen LogP contribution >= 0.6 is 0 Å². The van der Waals surface area contributed by atoms with Gasteiger partial charge in [0.05, 0.1) is 22.3 Å². The van der Waals surface area contributed by atoms with Gasteiger partial charge in [0.15, 0.2) is 0 Å². The lowest BCUT2D eigenvalue weighted by Gasteiger charge is -2.30. The van der Waals surface area contributed by atoms with Gasteiger partial charge in [-0.2, -0.15) is 4.98 Å². The summed E-state index contributed by atoms with van der Waals surface area (Å²) < 4.78 is 47.7. The lowest BCUT2D eigenvalue weighted by molar-refractivity contribution is -0.141. The van der Waals surface area contributed by atoms with E-state index in [1.54, 1.807) is 27.7 Å². The maximum atomic E-state index is 14.6. The third-order valence-corrected chi connectivity index (χ3v) is 15.1. The molecule has 15 nitrogen and oxygen atoms in total. The average Bonchev–Trinajstić information content (AvgIpc) is 3.94. The summed E-state index contributed by atoms with van der Waals surface area (Å²) in [5, 5.41) is 5.67. The molecule has 3 heterocycles. The molecule has 6 rings (SSSR count). The van der Waals surface area contributed by atoms with Crippen LogP contribution in [-0.2, 0) is 40.6 Å². The predicted molar refractivity (Wildman–Crippen MR) is 217 cm³/mol. The molecule has 0 radical (unpaired) electrons. The maximum absolute atomic E-state index is 14.6. The molecule has 3 fully saturated rings. The smallest absolute Gasteiger partial charge is 0.408 e. The molecule has 1 aromatic carbocycles. The number of carbonyl (C=O) groups excluding carboxylic acids is 4. The molecule has 0 spiro atoms. The number of benzene rings is 1. The van der Waals surface area contributed by atoms with Crippen molar-refractivity contribution >= 4 is 52.9 Å². The summed E-state index contributed by atoms with van der Waals surface area (Å²) in [6, 6.07) is 6.71. The molecule has 1 aromatic heterocycles. The van der Waals surface area contributed by atoms with E-state index in [0.29, 0.717) is 44.2 Å². The molecule has 0 unspecified atom stereocenters. The molecule has 2 aliphatic carbocycles. The minimum atomic E-state index is -3.99. The number of hydrogen-bond donors (Lipinski definition) is 3. The second-order valence-corrected chi connectivity index (χ2v) is 26.4. The SMILES string of the molecule is CC(C)(C)OC(=O)N[C@H]1CCCCCC=C[C@@H]2C[C@@]2(C(=O)NS(=O)(=O)C2(C)CC2)NC(=O)[C@@H]2C[C@@H](Oc3nc4ccccc4n3COCC[Si](C)(C)C)CN2C1=O. The summed E-state index contributed by atoms with van der Waals surface area (Å²) in [6.07, 6.45) is 6.69. The van der Waals surface area contributed by atoms with Crippen molar-refractivity contribution in [3.8, 4) is 6.01 Å². The number of para-hydroxylation sites is 2. The number of aromatic nitrogens is 2. The van der Waals surface area contributed by atoms with Gasteiger partial charge in [-0.05, 0) is 84.4 Å². The number of allylic oxidation sites excluding steroid dienone is 1. The van der Waals surface area contributed by atoms with Gasteiger partial charge >= 0.3 is 6.09 Å². The molecule has 57 heavy (non-hydrogen) atoms. The Bertz CT molecular complexity index is 1990. The molecule has 3 N–H and O–H groups in total. The molecule has 5 atom stereocenters. The second kappa shape index (κ2) is 16.4. The van der Waals surface area contributed by atoms with Crippen molar-refractivity contribution < 1.29 is 41.8 Å². The highest BCUT2D eigenvalue weighted by Gasteiger charge is 2.63. The average molecular weight is 829 g/mol. The number of imidazole rings is 1. The highest BCUT2D eigenvalue weighted by atomic mass is 32.2. The Morgan fingerprint density at radius 1 is 1.09 bits per heavy atom. The fourth-order valence-corrected chi connectivity index (χ4v) is 9.42. The first kappa shape index (κ1) is 42.6. The summed E-state index contributed by atoms with van der Waals surface area (Å²) in [5.41, 5.74) is -0.826. The number of rotatable bonds is 11. The first-order valence-corrected chi connectivity index (χ1v) is 25.4. The lowest BCUT2D eigenvalue weighted by Crippen LogP contribution is -2.58. The number of fused-ring (bicyclic) bond motifs is 3. The summed E-state index contributed by atoms with van der Waals surface area (Å²) in [4.78, 5) is 62.2. The predicted octanol–water partition coefficient (Wildman–Crippen LogP) is 4.98. The van der Waals surface area contributed by atoms with Crippen molar-refractivity contribution in [3.05, 3.63) is 36.4 Å². The van der Waals surface area contributed by atoms with Crippen molar-refractivity contribution in [1.29, 1.82) is 0 Å². The zero-order valence-electron chi connectivity index (χ0n) is 34.4. The van der Waals surface area contributed by atoms with E-state index in [-0.39, 0.29) is 32.1 Å². The highest BCUT2D eigenvalue weighted by Crippen LogP contribution is 2.47. The number of nitrogens with one attached hydrogen (secondary N) is 3. The van der Waals surface area contributed by atoms with Crippen molar-refractivity contribution in [2.75, 3.05) is 13.2 Å². The lowest BCUT2D eigenvalue weighted by atomic mass is 10.0. The van der Waals surface area contributed by atoms with E-state index in [9.17, 15) is 27.6 Å². The zero-order chi connectivity index (χ0) is 41.4. The van der Waals surface area contributed by atoms with Gasteiger partial charge in [0.1, 0.15) is 36.1 Å². The molecular formula is C40H60N6O9SSi. The molecule has 314 valence electrons. The number of carbonyl (C=O) groups is 4. The Kier molecular flexibility index (Phi) is 12.2. The van der Waals surface area contributed by atoms with Crippen LogP contribution in [0.1, 0.15) is 85.5 Å². The normalized spacial score (nSPS) is 26.7. The number of amides is 4. The highest BCUT2D eigenvalue weighted by molar-refractivity contribution is 7.91. The maximum Gasteiger partial charge on any atom is 0.408 e. The molecule has 0 bridgehead atoms. The molecule has 2 aliphatic heterocycles. The second-order valence-electron chi connectivity index (χ2n) is 18.6. The fourth-order valence-electron chi connectivity index (χ4n) is 7.35. The van der Waals surface area contributed by atoms with E-state index in [2.05, 4.69) is 35.0 Å². The Morgan fingerprint density at radius 2 is 1.82 bits per heavy atom. The van der Waals surface area contributed by atoms with Crippen LogP contribution in [0.2, 0.25) is 25.7 Å². The standard InChI is InChI=1S/C40H60N6O9SSi/c1-38(2,3)55-37(50)42-30-17-12-10-8-9-11-15-27-24-40(27,35(49)44-56(51,52)39(4)19-20-39)43-33(47)32-23-28(25-45(32)34(30)48)54-36-41-29-16-13-14-18-31(29)46(36)26-53-21-22-57(5,6)7/h11,13-16,18,27-28,30,32H,8-10,12,17,19-26H2,1-7H3,(H,42,50)(H,43,47)(H,44,49)/t27-,28-,30+,32+,40-/m1/s1. The summed E-state index contributed by atoms with van der Waals surface area (Å²) in [5.74, 6) is -2.34. The molecule has 17 heteroatoms. The molecule has 4 amide bonds. The van der Waals surface area contributed by atoms with Gasteiger partial charge in [-0.3, -0.25) is 23.7 Å². The summed E-state index contributed by atoms with van der Waals surface area (Å²) in [7, 11) is -5.34. The van der Waals surface area contributed by atoms with Gasteiger partial charge in [-0.1, -0.05) is 56.8 Å². The first-order chi connectivity index (χ1) is 26.7. The quantitative estimate of drug-likeness (QED) is 0.158. The van der Waals surface area contributed by atoms with E-state index < -0.39 is 81.9 Å². The number of alkyl carbamates (subject to hydrolysis) is 1. The summed E-state index contributed by atoms with van der Waals surface area (Å²) in [6.45, 7) is 14.4. The molecule has 2 aromatic rings. The molecule has 1 saturated heterocycles. The number of hydrogen-bond acceptors (Lipinski definition) is 10. The van der Waals surface area contributed by atoms with E-state index in [1.807, 2.05) is 41.0 Å². The number of sulfonamides is 1. The van der Waals surface area contributed by atoms with Crippen LogP contribution in [0.15, 0.2) is 36.4 Å². The van der Waals surface area contributed by atoms with Crippen molar-refractivity contribution in [3.63, 3.8) is 0 Å². The minimum Gasteiger partial charge on any atom is -0.459 e. The fraction of sp³-hybridized carbons (Fsp3) is 0.675. The van der Waals surface area contributed by atoms with Crippen molar-refractivity contribution in [2.24, 2.45) is 5.92 Å². The molecule has 4 aliphatic rings. The third kappa shape index (κ3) is 10.2. The topological polar surface area (TPSA) is 187 Å². The van der Waals surface area contributed by atoms with Gasteiger partial charge < -0.3 is 29.7 Å². The number of ether oxygens (including phenoxy) is 3. The van der Waals surface area contributed by atoms with Crippen LogP contribution in [0.4, 0.5) is 4.79 Å². The summed E-state index contributed by atoms with van der Waals surface area (Å²) >= 11 is 0.